The Morgan fingerprint density at radius 3 is 2.40 bits per heavy atom. The van der Waals surface area contributed by atoms with E-state index in [1.807, 2.05) is 73.8 Å². The van der Waals surface area contributed by atoms with Gasteiger partial charge in [0.15, 0.2) is 0 Å². The number of carbonyl (C=O) groups is 1. The number of hydrogen-bond donors (Lipinski definition) is 0. The van der Waals surface area contributed by atoms with Gasteiger partial charge in [-0.05, 0) is 97.0 Å². The van der Waals surface area contributed by atoms with Crippen molar-refractivity contribution in [2.75, 3.05) is 39.5 Å². The van der Waals surface area contributed by atoms with Gasteiger partial charge in [-0.3, -0.25) is 9.00 Å². The molecule has 8 heteroatoms. The van der Waals surface area contributed by atoms with Crippen LogP contribution in [0.5, 0.6) is 0 Å². The summed E-state index contributed by atoms with van der Waals surface area (Å²) in [6.07, 6.45) is 4.69. The maximum absolute atomic E-state index is 13.7. The van der Waals surface area contributed by atoms with Crippen LogP contribution in [0.1, 0.15) is 52.6 Å². The molecule has 1 aliphatic rings. The molecule has 4 nitrogen and oxygen atoms in total. The first-order valence-corrected chi connectivity index (χ1v) is 16.9. The topological polar surface area (TPSA) is 40.6 Å². The Morgan fingerprint density at radius 2 is 1.67 bits per heavy atom. The molecule has 0 bridgehead atoms. The SMILES string of the molecule is CN(C[C@@H](CCN1CCC(c2ccccc2S(C)=O)CC1)c1ccc(Cl)c(Cl)c1)C(=O)c1cc(Cl)cc2ccccc12. The minimum atomic E-state index is -0.992. The molecule has 1 saturated heterocycles. The average Bonchev–Trinajstić information content (AvgIpc) is 3.00. The zero-order chi connectivity index (χ0) is 29.8. The number of rotatable bonds is 9. The van der Waals surface area contributed by atoms with Crippen molar-refractivity contribution in [3.63, 3.8) is 0 Å². The molecule has 0 aromatic heterocycles. The highest BCUT2D eigenvalue weighted by Crippen LogP contribution is 2.34. The lowest BCUT2D eigenvalue weighted by molar-refractivity contribution is 0.0783. The standard InChI is InChI=1S/C34H35Cl3N2O2S/c1-38(34(40)30-21-27(35)19-25-7-3-4-8-28(25)30)22-26(24-11-12-31(36)32(37)20-24)15-18-39-16-13-23(14-17-39)29-9-5-6-10-33(29)42(2)41/h3-12,19-21,23,26H,13-18,22H2,1-2H3/t26-,42?/m1/s1. The van der Waals surface area contributed by atoms with E-state index in [2.05, 4.69) is 11.0 Å². The molecular formula is C34H35Cl3N2O2S. The fourth-order valence-electron chi connectivity index (χ4n) is 6.09. The number of halogens is 3. The number of hydrogen-bond acceptors (Lipinski definition) is 3. The third kappa shape index (κ3) is 7.20. The van der Waals surface area contributed by atoms with E-state index in [1.54, 1.807) is 17.2 Å². The molecule has 1 unspecified atom stereocenters. The molecule has 1 amide bonds. The Balaban J connectivity index is 1.29. The predicted molar refractivity (Wildman–Crippen MR) is 177 cm³/mol. The van der Waals surface area contributed by atoms with Crippen LogP contribution in [0.2, 0.25) is 15.1 Å². The van der Waals surface area contributed by atoms with Crippen LogP contribution in [0.15, 0.2) is 83.8 Å². The summed E-state index contributed by atoms with van der Waals surface area (Å²) >= 11 is 19.1. The monoisotopic (exact) mass is 640 g/mol. The molecule has 4 aromatic carbocycles. The van der Waals surface area contributed by atoms with Crippen LogP contribution < -0.4 is 0 Å². The minimum Gasteiger partial charge on any atom is -0.341 e. The van der Waals surface area contributed by atoms with Gasteiger partial charge in [-0.15, -0.1) is 0 Å². The highest BCUT2D eigenvalue weighted by Gasteiger charge is 2.26. The number of piperidine rings is 1. The van der Waals surface area contributed by atoms with Gasteiger partial charge >= 0.3 is 0 Å². The van der Waals surface area contributed by atoms with E-state index in [9.17, 15) is 9.00 Å². The fourth-order valence-corrected chi connectivity index (χ4v) is 7.46. The van der Waals surface area contributed by atoms with Crippen LogP contribution in [-0.4, -0.2) is 59.4 Å². The Morgan fingerprint density at radius 1 is 0.952 bits per heavy atom. The second-order valence-electron chi connectivity index (χ2n) is 11.1. The number of carbonyl (C=O) groups excluding carboxylic acids is 1. The molecule has 220 valence electrons. The van der Waals surface area contributed by atoms with Gasteiger partial charge in [0.05, 0.1) is 20.8 Å². The largest absolute Gasteiger partial charge is 0.341 e. The lowest BCUT2D eigenvalue weighted by atomic mass is 9.88. The Kier molecular flexibility index (Phi) is 10.3. The summed E-state index contributed by atoms with van der Waals surface area (Å²) in [6.45, 7) is 3.39. The molecule has 1 aliphatic heterocycles. The van der Waals surface area contributed by atoms with E-state index in [-0.39, 0.29) is 11.8 Å². The third-order valence-corrected chi connectivity index (χ3v) is 10.3. The second kappa shape index (κ2) is 13.9. The van der Waals surface area contributed by atoms with Crippen molar-refractivity contribution >= 4 is 62.3 Å². The molecule has 0 aliphatic carbocycles. The normalized spacial score (nSPS) is 15.9. The number of fused-ring (bicyclic) bond motifs is 1. The van der Waals surface area contributed by atoms with Gasteiger partial charge in [0, 0.05) is 41.2 Å². The van der Waals surface area contributed by atoms with Crippen LogP contribution in [0, 0.1) is 0 Å². The van der Waals surface area contributed by atoms with Crippen molar-refractivity contribution < 1.29 is 9.00 Å². The van der Waals surface area contributed by atoms with Crippen molar-refractivity contribution in [3.05, 3.63) is 111 Å². The molecule has 42 heavy (non-hydrogen) atoms. The van der Waals surface area contributed by atoms with Crippen molar-refractivity contribution in [3.8, 4) is 0 Å². The fraction of sp³-hybridized carbons (Fsp3) is 0.324. The van der Waals surface area contributed by atoms with E-state index < -0.39 is 10.8 Å². The zero-order valence-electron chi connectivity index (χ0n) is 23.9. The van der Waals surface area contributed by atoms with E-state index in [0.29, 0.717) is 33.1 Å². The van der Waals surface area contributed by atoms with Crippen LogP contribution in [-0.2, 0) is 10.8 Å². The van der Waals surface area contributed by atoms with E-state index in [4.69, 9.17) is 34.8 Å². The van der Waals surface area contributed by atoms with Gasteiger partial charge in [0.25, 0.3) is 5.91 Å². The van der Waals surface area contributed by atoms with E-state index in [0.717, 1.165) is 60.1 Å². The zero-order valence-corrected chi connectivity index (χ0v) is 26.9. The molecule has 0 spiro atoms. The number of nitrogens with zero attached hydrogens (tertiary/aromatic N) is 2. The summed E-state index contributed by atoms with van der Waals surface area (Å²) < 4.78 is 12.3. The Bertz CT molecular complexity index is 1600. The minimum absolute atomic E-state index is 0.0634. The molecule has 5 rings (SSSR count). The number of likely N-dealkylation sites (tertiary alicyclic amines) is 1. The Labute approximate surface area is 266 Å². The van der Waals surface area contributed by atoms with Gasteiger partial charge in [-0.2, -0.15) is 0 Å². The smallest absolute Gasteiger partial charge is 0.254 e. The predicted octanol–water partition coefficient (Wildman–Crippen LogP) is 8.66. The van der Waals surface area contributed by atoms with Crippen LogP contribution in [0.25, 0.3) is 10.8 Å². The summed E-state index contributed by atoms with van der Waals surface area (Å²) in [5.41, 5.74) is 2.89. The highest BCUT2D eigenvalue weighted by atomic mass is 35.5. The van der Waals surface area contributed by atoms with Crippen molar-refractivity contribution in [2.24, 2.45) is 0 Å². The quantitative estimate of drug-likeness (QED) is 0.184. The van der Waals surface area contributed by atoms with Crippen LogP contribution in [0.4, 0.5) is 0 Å². The first-order valence-electron chi connectivity index (χ1n) is 14.2. The van der Waals surface area contributed by atoms with Crippen LogP contribution >= 0.6 is 34.8 Å². The summed E-state index contributed by atoms with van der Waals surface area (Å²) in [4.78, 5) is 19.0. The van der Waals surface area contributed by atoms with Gasteiger partial charge < -0.3 is 9.80 Å². The van der Waals surface area contributed by atoms with Gasteiger partial charge in [-0.25, -0.2) is 0 Å². The summed E-state index contributed by atoms with van der Waals surface area (Å²) in [5.74, 6) is 0.426. The summed E-state index contributed by atoms with van der Waals surface area (Å²) in [7, 11) is 0.858. The number of benzene rings is 4. The molecule has 4 aromatic rings. The molecule has 0 N–H and O–H groups in total. The van der Waals surface area contributed by atoms with E-state index in [1.165, 1.54) is 5.56 Å². The van der Waals surface area contributed by atoms with Crippen molar-refractivity contribution in [2.45, 2.75) is 36.0 Å². The lowest BCUT2D eigenvalue weighted by Gasteiger charge is -2.34. The maximum Gasteiger partial charge on any atom is 0.254 e. The second-order valence-corrected chi connectivity index (χ2v) is 13.7. The molecular weight excluding hydrogens is 607 g/mol. The van der Waals surface area contributed by atoms with E-state index >= 15 is 0 Å². The van der Waals surface area contributed by atoms with Crippen molar-refractivity contribution in [1.29, 1.82) is 0 Å². The molecule has 0 radical (unpaired) electrons. The first-order chi connectivity index (χ1) is 20.2. The molecule has 2 atom stereocenters. The third-order valence-electron chi connectivity index (χ3n) is 8.36. The lowest BCUT2D eigenvalue weighted by Crippen LogP contribution is -2.36. The van der Waals surface area contributed by atoms with Gasteiger partial charge in [0.2, 0.25) is 0 Å². The first kappa shape index (κ1) is 31.0. The number of likely N-dealkylation sites (N-methyl/N-ethyl adjacent to an activating group) is 1. The highest BCUT2D eigenvalue weighted by molar-refractivity contribution is 7.84. The molecule has 1 heterocycles. The van der Waals surface area contributed by atoms with Crippen LogP contribution in [0.3, 0.4) is 0 Å². The van der Waals surface area contributed by atoms with Gasteiger partial charge in [-0.1, -0.05) is 83.3 Å². The Hall–Kier alpha value is -2.41. The van der Waals surface area contributed by atoms with Gasteiger partial charge in [0.1, 0.15) is 0 Å². The summed E-state index contributed by atoms with van der Waals surface area (Å²) in [6, 6.07) is 25.4. The number of amides is 1. The molecule has 0 saturated carbocycles. The molecule has 1 fully saturated rings. The average molecular weight is 642 g/mol. The van der Waals surface area contributed by atoms with Crippen molar-refractivity contribution in [1.82, 2.24) is 9.80 Å². The summed E-state index contributed by atoms with van der Waals surface area (Å²) in [5, 5.41) is 3.41. The maximum atomic E-state index is 13.7.